The first-order valence-corrected chi connectivity index (χ1v) is 11.7. The van der Waals surface area contributed by atoms with E-state index in [-0.39, 0.29) is 11.7 Å². The Labute approximate surface area is 189 Å². The third kappa shape index (κ3) is 4.93. The standard InChI is InChI=1S/C24H20N4OS2/c1-17-7-6-8-18(15-17)28-21-11-4-2-9-19(21)27-24(28)31-16-23(29)26-20-10-3-5-12-22(20)30-14-13-25/h2-12,15H,14,16H2,1H3,(H,26,29). The minimum absolute atomic E-state index is 0.113. The van der Waals surface area contributed by atoms with Crippen molar-refractivity contribution in [1.82, 2.24) is 9.55 Å². The Balaban J connectivity index is 1.56. The van der Waals surface area contributed by atoms with Crippen molar-refractivity contribution >= 4 is 46.2 Å². The van der Waals surface area contributed by atoms with Gasteiger partial charge in [0, 0.05) is 10.6 Å². The number of anilines is 1. The number of aromatic nitrogens is 2. The molecule has 0 aliphatic carbocycles. The molecule has 0 radical (unpaired) electrons. The average Bonchev–Trinajstić information content (AvgIpc) is 3.15. The molecular weight excluding hydrogens is 424 g/mol. The van der Waals surface area contributed by atoms with E-state index in [4.69, 9.17) is 10.2 Å². The smallest absolute Gasteiger partial charge is 0.234 e. The number of fused-ring (bicyclic) bond motifs is 1. The maximum absolute atomic E-state index is 12.7. The van der Waals surface area contributed by atoms with Gasteiger partial charge in [0.05, 0.1) is 34.3 Å². The van der Waals surface area contributed by atoms with Crippen LogP contribution in [0.5, 0.6) is 0 Å². The van der Waals surface area contributed by atoms with E-state index < -0.39 is 0 Å². The topological polar surface area (TPSA) is 70.7 Å². The number of carbonyl (C=O) groups is 1. The number of nitriles is 1. The number of imidazole rings is 1. The molecule has 0 spiro atoms. The predicted octanol–water partition coefficient (Wildman–Crippen LogP) is 5.68. The van der Waals surface area contributed by atoms with Crippen molar-refractivity contribution in [3.8, 4) is 11.8 Å². The lowest BCUT2D eigenvalue weighted by Gasteiger charge is -2.11. The van der Waals surface area contributed by atoms with Gasteiger partial charge in [-0.15, -0.1) is 11.8 Å². The van der Waals surface area contributed by atoms with E-state index in [9.17, 15) is 4.79 Å². The van der Waals surface area contributed by atoms with E-state index in [1.54, 1.807) is 0 Å². The molecule has 0 saturated carbocycles. The van der Waals surface area contributed by atoms with Crippen LogP contribution in [-0.2, 0) is 4.79 Å². The number of nitrogens with zero attached hydrogens (tertiary/aromatic N) is 3. The highest BCUT2D eigenvalue weighted by atomic mass is 32.2. The van der Waals surface area contributed by atoms with E-state index in [1.807, 2.05) is 60.7 Å². The van der Waals surface area contributed by atoms with Gasteiger partial charge in [0.25, 0.3) is 0 Å². The molecule has 0 atom stereocenters. The molecule has 3 aromatic carbocycles. The molecule has 0 aliphatic rings. The average molecular weight is 445 g/mol. The van der Waals surface area contributed by atoms with Crippen LogP contribution in [0.3, 0.4) is 0 Å². The second-order valence-corrected chi connectivity index (χ2v) is 8.80. The van der Waals surface area contributed by atoms with E-state index in [0.717, 1.165) is 38.0 Å². The third-order valence-electron chi connectivity index (χ3n) is 4.58. The third-order valence-corrected chi connectivity index (χ3v) is 6.45. The van der Waals surface area contributed by atoms with Gasteiger partial charge in [-0.05, 0) is 48.9 Å². The molecule has 0 saturated heterocycles. The number of carbonyl (C=O) groups excluding carboxylic acids is 1. The zero-order valence-corrected chi connectivity index (χ0v) is 18.5. The van der Waals surface area contributed by atoms with Gasteiger partial charge in [0.2, 0.25) is 5.91 Å². The minimum Gasteiger partial charge on any atom is -0.324 e. The van der Waals surface area contributed by atoms with Gasteiger partial charge in [0.1, 0.15) is 0 Å². The monoisotopic (exact) mass is 444 g/mol. The number of nitrogens with one attached hydrogen (secondary N) is 1. The molecular formula is C24H20N4OS2. The highest BCUT2D eigenvalue weighted by Gasteiger charge is 2.15. The summed E-state index contributed by atoms with van der Waals surface area (Å²) in [5.41, 5.74) is 4.81. The molecule has 0 aliphatic heterocycles. The van der Waals surface area contributed by atoms with Crippen molar-refractivity contribution in [3.63, 3.8) is 0 Å². The lowest BCUT2D eigenvalue weighted by molar-refractivity contribution is -0.113. The van der Waals surface area contributed by atoms with E-state index in [1.165, 1.54) is 23.5 Å². The summed E-state index contributed by atoms with van der Waals surface area (Å²) >= 11 is 2.81. The molecule has 154 valence electrons. The highest BCUT2D eigenvalue weighted by Crippen LogP contribution is 2.30. The van der Waals surface area contributed by atoms with Crippen LogP contribution in [-0.4, -0.2) is 27.0 Å². The maximum atomic E-state index is 12.7. The van der Waals surface area contributed by atoms with Gasteiger partial charge in [-0.2, -0.15) is 5.26 Å². The van der Waals surface area contributed by atoms with Crippen LogP contribution in [0.1, 0.15) is 5.56 Å². The number of hydrogen-bond acceptors (Lipinski definition) is 5. The number of thioether (sulfide) groups is 2. The van der Waals surface area contributed by atoms with Crippen LogP contribution in [0.4, 0.5) is 5.69 Å². The SMILES string of the molecule is Cc1cccc(-n2c(SCC(=O)Nc3ccccc3SCC#N)nc3ccccc32)c1. The van der Waals surface area contributed by atoms with Gasteiger partial charge < -0.3 is 5.32 Å². The normalized spacial score (nSPS) is 10.7. The van der Waals surface area contributed by atoms with Crippen LogP contribution >= 0.6 is 23.5 Å². The Morgan fingerprint density at radius 1 is 1.06 bits per heavy atom. The van der Waals surface area contributed by atoms with Crippen LogP contribution in [0, 0.1) is 18.3 Å². The molecule has 7 heteroatoms. The van der Waals surface area contributed by atoms with Gasteiger partial charge in [-0.1, -0.05) is 48.2 Å². The molecule has 1 heterocycles. The fourth-order valence-corrected chi connectivity index (χ4v) is 4.74. The predicted molar refractivity (Wildman–Crippen MR) is 128 cm³/mol. The van der Waals surface area contributed by atoms with Gasteiger partial charge >= 0.3 is 0 Å². The summed E-state index contributed by atoms with van der Waals surface area (Å²) in [5.74, 6) is 0.451. The van der Waals surface area contributed by atoms with E-state index >= 15 is 0 Å². The number of rotatable bonds is 7. The molecule has 4 rings (SSSR count). The Morgan fingerprint density at radius 2 is 1.87 bits per heavy atom. The Kier molecular flexibility index (Phi) is 6.60. The number of benzene rings is 3. The van der Waals surface area contributed by atoms with Crippen molar-refractivity contribution < 1.29 is 4.79 Å². The van der Waals surface area contributed by atoms with Gasteiger partial charge in [-0.25, -0.2) is 4.98 Å². The van der Waals surface area contributed by atoms with Crippen molar-refractivity contribution in [3.05, 3.63) is 78.4 Å². The van der Waals surface area contributed by atoms with Crippen molar-refractivity contribution in [2.45, 2.75) is 17.0 Å². The molecule has 0 fully saturated rings. The first-order valence-electron chi connectivity index (χ1n) is 9.71. The lowest BCUT2D eigenvalue weighted by atomic mass is 10.2. The van der Waals surface area contributed by atoms with Crippen LogP contribution in [0.15, 0.2) is 82.8 Å². The van der Waals surface area contributed by atoms with Crippen molar-refractivity contribution in [2.24, 2.45) is 0 Å². The van der Waals surface area contributed by atoms with Crippen LogP contribution in [0.25, 0.3) is 16.7 Å². The fourth-order valence-electron chi connectivity index (χ4n) is 3.24. The van der Waals surface area contributed by atoms with Crippen LogP contribution in [0.2, 0.25) is 0 Å². The Morgan fingerprint density at radius 3 is 2.71 bits per heavy atom. The Bertz CT molecular complexity index is 1280. The zero-order chi connectivity index (χ0) is 21.6. The Hall–Kier alpha value is -3.21. The summed E-state index contributed by atoms with van der Waals surface area (Å²) in [4.78, 5) is 18.3. The molecule has 5 nitrogen and oxygen atoms in total. The second kappa shape index (κ2) is 9.73. The van der Waals surface area contributed by atoms with Crippen molar-refractivity contribution in [1.29, 1.82) is 5.26 Å². The molecule has 1 aromatic heterocycles. The number of para-hydroxylation sites is 3. The molecule has 31 heavy (non-hydrogen) atoms. The quantitative estimate of drug-likeness (QED) is 0.371. The second-order valence-electron chi connectivity index (χ2n) is 6.84. The first kappa shape index (κ1) is 21.0. The van der Waals surface area contributed by atoms with Crippen LogP contribution < -0.4 is 5.32 Å². The molecule has 0 bridgehead atoms. The summed E-state index contributed by atoms with van der Waals surface area (Å²) in [6.45, 7) is 2.06. The van der Waals surface area contributed by atoms with E-state index in [0.29, 0.717) is 5.75 Å². The summed E-state index contributed by atoms with van der Waals surface area (Å²) in [5, 5.41) is 12.6. The summed E-state index contributed by atoms with van der Waals surface area (Å²) in [6, 6.07) is 25.9. The highest BCUT2D eigenvalue weighted by molar-refractivity contribution is 8.00. The summed E-state index contributed by atoms with van der Waals surface area (Å²) in [6.07, 6.45) is 0. The molecule has 4 aromatic rings. The largest absolute Gasteiger partial charge is 0.324 e. The number of aryl methyl sites for hydroxylation is 1. The molecule has 0 unspecified atom stereocenters. The number of hydrogen-bond donors (Lipinski definition) is 1. The van der Waals surface area contributed by atoms with Gasteiger partial charge in [-0.3, -0.25) is 9.36 Å². The summed E-state index contributed by atoms with van der Waals surface area (Å²) in [7, 11) is 0. The zero-order valence-electron chi connectivity index (χ0n) is 16.9. The number of amides is 1. The van der Waals surface area contributed by atoms with Crippen molar-refractivity contribution in [2.75, 3.05) is 16.8 Å². The minimum atomic E-state index is -0.113. The summed E-state index contributed by atoms with van der Waals surface area (Å²) < 4.78 is 2.09. The molecule has 1 N–H and O–H groups in total. The lowest BCUT2D eigenvalue weighted by Crippen LogP contribution is -2.15. The maximum Gasteiger partial charge on any atom is 0.234 e. The van der Waals surface area contributed by atoms with E-state index in [2.05, 4.69) is 35.0 Å². The van der Waals surface area contributed by atoms with Gasteiger partial charge in [0.15, 0.2) is 5.16 Å². The fraction of sp³-hybridized carbons (Fsp3) is 0.125. The first-order chi connectivity index (χ1) is 15.2. The molecule has 1 amide bonds.